The molecule has 112 valence electrons. The summed E-state index contributed by atoms with van der Waals surface area (Å²) in [5, 5.41) is 3.78. The van der Waals surface area contributed by atoms with Crippen LogP contribution in [-0.2, 0) is 0 Å². The van der Waals surface area contributed by atoms with Gasteiger partial charge in [-0.1, -0.05) is 19.8 Å². The van der Waals surface area contributed by atoms with Gasteiger partial charge in [0.15, 0.2) is 0 Å². The van der Waals surface area contributed by atoms with Crippen LogP contribution in [0.3, 0.4) is 0 Å². The average molecular weight is 266 g/mol. The fraction of sp³-hybridized carbons (Fsp3) is 1.00. The summed E-state index contributed by atoms with van der Waals surface area (Å²) in [5.74, 6) is 1.02. The molecule has 0 saturated heterocycles. The second-order valence-corrected chi connectivity index (χ2v) is 8.08. The van der Waals surface area contributed by atoms with Crippen molar-refractivity contribution in [3.8, 4) is 0 Å². The number of rotatable bonds is 7. The lowest BCUT2D eigenvalue weighted by molar-refractivity contribution is 0.140. The van der Waals surface area contributed by atoms with Gasteiger partial charge in [-0.15, -0.1) is 0 Å². The van der Waals surface area contributed by atoms with Crippen LogP contribution < -0.4 is 5.32 Å². The number of nitrogens with zero attached hydrogens (tertiary/aromatic N) is 1. The summed E-state index contributed by atoms with van der Waals surface area (Å²) < 4.78 is 0. The zero-order valence-electron chi connectivity index (χ0n) is 13.6. The normalized spacial score (nSPS) is 23.2. The zero-order valence-corrected chi connectivity index (χ0v) is 13.6. The van der Waals surface area contributed by atoms with E-state index in [0.29, 0.717) is 5.41 Å². The third kappa shape index (κ3) is 5.07. The van der Waals surface area contributed by atoms with Crippen molar-refractivity contribution in [3.63, 3.8) is 0 Å². The molecule has 2 aliphatic carbocycles. The molecule has 1 N–H and O–H groups in total. The smallest absolute Gasteiger partial charge is 0.00967 e. The Morgan fingerprint density at radius 1 is 1.16 bits per heavy atom. The van der Waals surface area contributed by atoms with Crippen molar-refractivity contribution in [2.45, 2.75) is 71.8 Å². The molecule has 2 heteroatoms. The summed E-state index contributed by atoms with van der Waals surface area (Å²) in [7, 11) is 0. The van der Waals surface area contributed by atoms with E-state index in [9.17, 15) is 0 Å². The lowest BCUT2D eigenvalue weighted by atomic mass is 9.84. The number of nitrogens with one attached hydrogen (secondary N) is 1. The van der Waals surface area contributed by atoms with E-state index in [1.165, 1.54) is 64.7 Å². The van der Waals surface area contributed by atoms with Crippen molar-refractivity contribution in [1.29, 1.82) is 0 Å². The standard InChI is InChI=1S/C17H34N2/c1-5-19(12-15-8-9-15)14-17(10-6-7-11-17)13-18-16(2,3)4/h15,18H,5-14H2,1-4H3. The predicted octanol–water partition coefficient (Wildman–Crippen LogP) is 3.67. The molecule has 2 rings (SSSR count). The van der Waals surface area contributed by atoms with Crippen LogP contribution >= 0.6 is 0 Å². The van der Waals surface area contributed by atoms with Crippen LogP contribution in [0.1, 0.15) is 66.2 Å². The molecule has 2 aliphatic rings. The van der Waals surface area contributed by atoms with Crippen LogP contribution in [0.15, 0.2) is 0 Å². The first-order valence-electron chi connectivity index (χ1n) is 8.40. The van der Waals surface area contributed by atoms with Gasteiger partial charge in [-0.25, -0.2) is 0 Å². The summed E-state index contributed by atoms with van der Waals surface area (Å²) in [6.07, 6.45) is 8.68. The van der Waals surface area contributed by atoms with Gasteiger partial charge in [0, 0.05) is 25.2 Å². The highest BCUT2D eigenvalue weighted by Gasteiger charge is 2.37. The van der Waals surface area contributed by atoms with Gasteiger partial charge in [-0.3, -0.25) is 0 Å². The van der Waals surface area contributed by atoms with E-state index >= 15 is 0 Å². The Balaban J connectivity index is 1.89. The Morgan fingerprint density at radius 2 is 1.79 bits per heavy atom. The Bertz CT molecular complexity index is 269. The molecule has 0 aliphatic heterocycles. The van der Waals surface area contributed by atoms with Gasteiger partial charge in [0.2, 0.25) is 0 Å². The molecule has 0 unspecified atom stereocenters. The van der Waals surface area contributed by atoms with E-state index < -0.39 is 0 Å². The highest BCUT2D eigenvalue weighted by molar-refractivity contribution is 4.92. The second-order valence-electron chi connectivity index (χ2n) is 8.08. The molecule has 0 aromatic rings. The highest BCUT2D eigenvalue weighted by atomic mass is 15.1. The molecule has 0 aromatic heterocycles. The maximum atomic E-state index is 3.78. The lowest BCUT2D eigenvalue weighted by Gasteiger charge is -2.37. The summed E-state index contributed by atoms with van der Waals surface area (Å²) in [6.45, 7) is 14.3. The average Bonchev–Trinajstić information content (AvgIpc) is 3.03. The van der Waals surface area contributed by atoms with E-state index in [2.05, 4.69) is 37.9 Å². The third-order valence-corrected chi connectivity index (χ3v) is 4.88. The minimum Gasteiger partial charge on any atom is -0.311 e. The first kappa shape index (κ1) is 15.3. The van der Waals surface area contributed by atoms with Gasteiger partial charge in [-0.05, 0) is 64.3 Å². The molecule has 0 aromatic carbocycles. The van der Waals surface area contributed by atoms with Crippen LogP contribution in [0, 0.1) is 11.3 Å². The maximum Gasteiger partial charge on any atom is 0.00967 e. The van der Waals surface area contributed by atoms with E-state index in [1.54, 1.807) is 0 Å². The van der Waals surface area contributed by atoms with E-state index in [-0.39, 0.29) is 5.54 Å². The molecule has 0 spiro atoms. The fourth-order valence-electron chi connectivity index (χ4n) is 3.41. The second kappa shape index (κ2) is 6.13. The van der Waals surface area contributed by atoms with Crippen molar-refractivity contribution in [1.82, 2.24) is 10.2 Å². The van der Waals surface area contributed by atoms with Crippen molar-refractivity contribution in [3.05, 3.63) is 0 Å². The Labute approximate surface area is 120 Å². The first-order valence-corrected chi connectivity index (χ1v) is 8.40. The molecule has 0 bridgehead atoms. The summed E-state index contributed by atoms with van der Waals surface area (Å²) in [5.41, 5.74) is 0.807. The van der Waals surface area contributed by atoms with Gasteiger partial charge < -0.3 is 10.2 Å². The maximum absolute atomic E-state index is 3.78. The van der Waals surface area contributed by atoms with Crippen molar-refractivity contribution < 1.29 is 0 Å². The van der Waals surface area contributed by atoms with E-state index in [0.717, 1.165) is 5.92 Å². The Kier molecular flexibility index (Phi) is 4.94. The van der Waals surface area contributed by atoms with E-state index in [1.807, 2.05) is 0 Å². The minimum atomic E-state index is 0.253. The molecule has 0 heterocycles. The van der Waals surface area contributed by atoms with Crippen LogP contribution in [0.4, 0.5) is 0 Å². The fourth-order valence-corrected chi connectivity index (χ4v) is 3.41. The zero-order chi connectivity index (χ0) is 13.9. The summed E-state index contributed by atoms with van der Waals surface area (Å²) in [4.78, 5) is 2.73. The Hall–Kier alpha value is -0.0800. The molecule has 2 fully saturated rings. The number of hydrogen-bond donors (Lipinski definition) is 1. The molecule has 2 nitrogen and oxygen atoms in total. The molecule has 19 heavy (non-hydrogen) atoms. The highest BCUT2D eigenvalue weighted by Crippen LogP contribution is 2.39. The van der Waals surface area contributed by atoms with E-state index in [4.69, 9.17) is 0 Å². The molecule has 0 atom stereocenters. The van der Waals surface area contributed by atoms with Crippen molar-refractivity contribution in [2.24, 2.45) is 11.3 Å². The van der Waals surface area contributed by atoms with Crippen LogP contribution in [-0.4, -0.2) is 36.6 Å². The Morgan fingerprint density at radius 3 is 2.26 bits per heavy atom. The summed E-state index contributed by atoms with van der Waals surface area (Å²) >= 11 is 0. The van der Waals surface area contributed by atoms with Gasteiger partial charge in [0.05, 0.1) is 0 Å². The number of hydrogen-bond acceptors (Lipinski definition) is 2. The van der Waals surface area contributed by atoms with Crippen LogP contribution in [0.25, 0.3) is 0 Å². The third-order valence-electron chi connectivity index (χ3n) is 4.88. The molecular formula is C17H34N2. The van der Waals surface area contributed by atoms with Gasteiger partial charge >= 0.3 is 0 Å². The van der Waals surface area contributed by atoms with Crippen LogP contribution in [0.2, 0.25) is 0 Å². The SMILES string of the molecule is CCN(CC1CC1)CC1(CNC(C)(C)C)CCCC1. The van der Waals surface area contributed by atoms with Crippen molar-refractivity contribution in [2.75, 3.05) is 26.2 Å². The van der Waals surface area contributed by atoms with Crippen LogP contribution in [0.5, 0.6) is 0 Å². The van der Waals surface area contributed by atoms with Gasteiger partial charge in [-0.2, -0.15) is 0 Å². The molecular weight excluding hydrogens is 232 g/mol. The largest absolute Gasteiger partial charge is 0.311 e. The van der Waals surface area contributed by atoms with Gasteiger partial charge in [0.25, 0.3) is 0 Å². The first-order chi connectivity index (χ1) is 8.92. The minimum absolute atomic E-state index is 0.253. The quantitative estimate of drug-likeness (QED) is 0.756. The summed E-state index contributed by atoms with van der Waals surface area (Å²) in [6, 6.07) is 0. The van der Waals surface area contributed by atoms with Crippen molar-refractivity contribution >= 4 is 0 Å². The monoisotopic (exact) mass is 266 g/mol. The molecule has 2 saturated carbocycles. The molecule has 0 radical (unpaired) electrons. The predicted molar refractivity (Wildman–Crippen MR) is 83.5 cm³/mol. The topological polar surface area (TPSA) is 15.3 Å². The molecule has 0 amide bonds. The van der Waals surface area contributed by atoms with Gasteiger partial charge in [0.1, 0.15) is 0 Å². The lowest BCUT2D eigenvalue weighted by Crippen LogP contribution is -2.48.